The fourth-order valence-electron chi connectivity index (χ4n) is 2.31. The first-order valence-corrected chi connectivity index (χ1v) is 8.44. The molecule has 0 unspecified atom stereocenters. The van der Waals surface area contributed by atoms with Gasteiger partial charge in [-0.25, -0.2) is 9.59 Å². The topological polar surface area (TPSA) is 103 Å². The minimum absolute atomic E-state index is 0.0644. The van der Waals surface area contributed by atoms with Crippen LogP contribution in [0.15, 0.2) is 0 Å². The van der Waals surface area contributed by atoms with Gasteiger partial charge in [-0.1, -0.05) is 0 Å². The first kappa shape index (κ1) is 21.1. The molecule has 144 valence electrons. The van der Waals surface area contributed by atoms with E-state index in [2.05, 4.69) is 10.6 Å². The van der Waals surface area contributed by atoms with Crippen LogP contribution in [-0.2, 0) is 19.0 Å². The third kappa shape index (κ3) is 8.60. The van der Waals surface area contributed by atoms with Crippen molar-refractivity contribution in [3.8, 4) is 0 Å². The maximum atomic E-state index is 11.9. The van der Waals surface area contributed by atoms with Crippen LogP contribution in [0.4, 0.5) is 9.59 Å². The Kier molecular flexibility index (Phi) is 6.68. The van der Waals surface area contributed by atoms with Gasteiger partial charge in [-0.2, -0.15) is 0 Å². The fraction of sp³-hybridized carbons (Fsp3) is 0.824. The van der Waals surface area contributed by atoms with Gasteiger partial charge in [0.2, 0.25) is 0 Å². The van der Waals surface area contributed by atoms with Crippen molar-refractivity contribution in [2.75, 3.05) is 0 Å². The van der Waals surface area contributed by atoms with Crippen LogP contribution in [0.1, 0.15) is 61.3 Å². The zero-order chi connectivity index (χ0) is 19.4. The van der Waals surface area contributed by atoms with Crippen LogP contribution in [-0.4, -0.2) is 47.5 Å². The molecule has 1 rings (SSSR count). The minimum atomic E-state index is -0.621. The van der Waals surface area contributed by atoms with Gasteiger partial charge in [-0.05, 0) is 48.5 Å². The standard InChI is InChI=1S/C17H30N2O6/c1-10(18-14(21)24-16(2,3)4)12-8-11(9-13(20)23-12)19-15(22)25-17(5,6)7/h10-12H,8-9H2,1-7H3,(H,18,21)(H,19,22)/t10-,11-,12+/m0/s1. The molecule has 0 aromatic carbocycles. The quantitative estimate of drug-likeness (QED) is 0.593. The molecule has 8 heteroatoms. The van der Waals surface area contributed by atoms with Crippen LogP contribution >= 0.6 is 0 Å². The molecule has 1 saturated heterocycles. The van der Waals surface area contributed by atoms with E-state index in [1.54, 1.807) is 48.5 Å². The number of nitrogens with one attached hydrogen (secondary N) is 2. The van der Waals surface area contributed by atoms with Crippen LogP contribution in [0.2, 0.25) is 0 Å². The van der Waals surface area contributed by atoms with Crippen molar-refractivity contribution in [3.63, 3.8) is 0 Å². The van der Waals surface area contributed by atoms with E-state index in [9.17, 15) is 14.4 Å². The molecular weight excluding hydrogens is 328 g/mol. The molecule has 0 saturated carbocycles. The van der Waals surface area contributed by atoms with Gasteiger partial charge in [0.05, 0.1) is 12.5 Å². The highest BCUT2D eigenvalue weighted by atomic mass is 16.6. The zero-order valence-corrected chi connectivity index (χ0v) is 16.1. The van der Waals surface area contributed by atoms with Gasteiger partial charge < -0.3 is 24.8 Å². The van der Waals surface area contributed by atoms with Gasteiger partial charge >= 0.3 is 18.2 Å². The molecular formula is C17H30N2O6. The Hall–Kier alpha value is -1.99. The monoisotopic (exact) mass is 358 g/mol. The van der Waals surface area contributed by atoms with Crippen molar-refractivity contribution in [1.82, 2.24) is 10.6 Å². The molecule has 2 N–H and O–H groups in total. The first-order chi connectivity index (χ1) is 11.2. The van der Waals surface area contributed by atoms with Gasteiger partial charge in [0.1, 0.15) is 17.3 Å². The van der Waals surface area contributed by atoms with E-state index in [-0.39, 0.29) is 6.42 Å². The van der Waals surface area contributed by atoms with E-state index in [1.807, 2.05) is 0 Å². The van der Waals surface area contributed by atoms with Crippen LogP contribution in [0, 0.1) is 0 Å². The van der Waals surface area contributed by atoms with Crippen LogP contribution in [0.3, 0.4) is 0 Å². The minimum Gasteiger partial charge on any atom is -0.460 e. The lowest BCUT2D eigenvalue weighted by molar-refractivity contribution is -0.156. The summed E-state index contributed by atoms with van der Waals surface area (Å²) in [5, 5.41) is 5.33. The second kappa shape index (κ2) is 7.93. The van der Waals surface area contributed by atoms with Crippen LogP contribution in [0.25, 0.3) is 0 Å². The molecule has 1 aliphatic heterocycles. The molecule has 0 aliphatic carbocycles. The number of carbonyl (C=O) groups is 3. The SMILES string of the molecule is C[C@H](NC(=O)OC(C)(C)C)[C@H]1C[C@H](NC(=O)OC(C)(C)C)CC(=O)O1. The van der Waals surface area contributed by atoms with Crippen molar-refractivity contribution >= 4 is 18.2 Å². The summed E-state index contributed by atoms with van der Waals surface area (Å²) in [4.78, 5) is 35.5. The molecule has 1 heterocycles. The molecule has 3 atom stereocenters. The Labute approximate surface area is 148 Å². The summed E-state index contributed by atoms with van der Waals surface area (Å²) >= 11 is 0. The molecule has 1 fully saturated rings. The number of carbonyl (C=O) groups excluding carboxylic acids is 3. The third-order valence-electron chi connectivity index (χ3n) is 3.24. The number of rotatable bonds is 3. The lowest BCUT2D eigenvalue weighted by atomic mass is 9.98. The maximum Gasteiger partial charge on any atom is 0.407 e. The summed E-state index contributed by atoms with van der Waals surface area (Å²) in [5.74, 6) is -0.435. The fourth-order valence-corrected chi connectivity index (χ4v) is 2.31. The van der Waals surface area contributed by atoms with Crippen molar-refractivity contribution in [1.29, 1.82) is 0 Å². The summed E-state index contributed by atoms with van der Waals surface area (Å²) in [6.07, 6.45) is -1.29. The lowest BCUT2D eigenvalue weighted by Crippen LogP contribution is -2.52. The Balaban J connectivity index is 2.59. The molecule has 2 amide bonds. The highest BCUT2D eigenvalue weighted by molar-refractivity contribution is 5.74. The van der Waals surface area contributed by atoms with E-state index in [0.717, 1.165) is 0 Å². The molecule has 0 radical (unpaired) electrons. The number of alkyl carbamates (subject to hydrolysis) is 2. The largest absolute Gasteiger partial charge is 0.460 e. The number of ether oxygens (including phenoxy) is 3. The number of hydrogen-bond donors (Lipinski definition) is 2. The highest BCUT2D eigenvalue weighted by Crippen LogP contribution is 2.19. The van der Waals surface area contributed by atoms with Gasteiger partial charge in [-0.15, -0.1) is 0 Å². The van der Waals surface area contributed by atoms with Gasteiger partial charge in [0, 0.05) is 12.5 Å². The first-order valence-electron chi connectivity index (χ1n) is 8.44. The molecule has 8 nitrogen and oxygen atoms in total. The molecule has 1 aliphatic rings. The molecule has 0 bridgehead atoms. The van der Waals surface area contributed by atoms with Crippen LogP contribution in [0.5, 0.6) is 0 Å². The molecule has 0 spiro atoms. The Bertz CT molecular complexity index is 506. The Morgan fingerprint density at radius 2 is 1.60 bits per heavy atom. The molecule has 0 aromatic rings. The van der Waals surface area contributed by atoms with E-state index in [4.69, 9.17) is 14.2 Å². The summed E-state index contributed by atoms with van der Waals surface area (Å²) in [7, 11) is 0. The van der Waals surface area contributed by atoms with Crippen molar-refractivity contribution in [2.45, 2.75) is 90.7 Å². The van der Waals surface area contributed by atoms with E-state index in [0.29, 0.717) is 6.42 Å². The summed E-state index contributed by atoms with van der Waals surface area (Å²) in [6.45, 7) is 12.3. The highest BCUT2D eigenvalue weighted by Gasteiger charge is 2.34. The predicted molar refractivity (Wildman–Crippen MR) is 91.1 cm³/mol. The zero-order valence-electron chi connectivity index (χ0n) is 16.1. The van der Waals surface area contributed by atoms with E-state index >= 15 is 0 Å². The maximum absolute atomic E-state index is 11.9. The summed E-state index contributed by atoms with van der Waals surface area (Å²) in [5.41, 5.74) is -1.24. The molecule has 25 heavy (non-hydrogen) atoms. The van der Waals surface area contributed by atoms with Crippen molar-refractivity contribution < 1.29 is 28.6 Å². The second-order valence-corrected chi connectivity index (χ2v) is 8.25. The average molecular weight is 358 g/mol. The van der Waals surface area contributed by atoms with Gasteiger partial charge in [0.25, 0.3) is 0 Å². The number of esters is 1. The van der Waals surface area contributed by atoms with Gasteiger partial charge in [-0.3, -0.25) is 4.79 Å². The second-order valence-electron chi connectivity index (χ2n) is 8.25. The van der Waals surface area contributed by atoms with E-state index in [1.165, 1.54) is 0 Å². The summed E-state index contributed by atoms with van der Waals surface area (Å²) in [6, 6.07) is -0.869. The Morgan fingerprint density at radius 1 is 1.08 bits per heavy atom. The predicted octanol–water partition coefficient (Wildman–Crippen LogP) is 2.50. The third-order valence-corrected chi connectivity index (χ3v) is 3.24. The normalized spacial score (nSPS) is 22.4. The number of cyclic esters (lactones) is 1. The summed E-state index contributed by atoms with van der Waals surface area (Å²) < 4.78 is 15.7. The number of hydrogen-bond acceptors (Lipinski definition) is 6. The van der Waals surface area contributed by atoms with Crippen LogP contribution < -0.4 is 10.6 Å². The number of amides is 2. The Morgan fingerprint density at radius 3 is 2.12 bits per heavy atom. The average Bonchev–Trinajstić information content (AvgIpc) is 2.32. The van der Waals surface area contributed by atoms with E-state index < -0.39 is 47.5 Å². The van der Waals surface area contributed by atoms with Gasteiger partial charge in [0.15, 0.2) is 0 Å². The molecule has 0 aromatic heterocycles. The smallest absolute Gasteiger partial charge is 0.407 e. The van der Waals surface area contributed by atoms with Crippen molar-refractivity contribution in [3.05, 3.63) is 0 Å². The lowest BCUT2D eigenvalue weighted by Gasteiger charge is -2.33. The van der Waals surface area contributed by atoms with Crippen molar-refractivity contribution in [2.24, 2.45) is 0 Å².